The van der Waals surface area contributed by atoms with E-state index in [1.165, 1.54) is 19.2 Å². The Morgan fingerprint density at radius 1 is 1.26 bits per heavy atom. The number of halogens is 2. The van der Waals surface area contributed by atoms with Crippen LogP contribution in [0.1, 0.15) is 11.5 Å². The molecule has 0 N–H and O–H groups in total. The monoisotopic (exact) mass is 318 g/mol. The fraction of sp³-hybridized carbons (Fsp3) is 0.294. The number of hydrogen-bond donors (Lipinski definition) is 0. The van der Waals surface area contributed by atoms with Crippen LogP contribution in [-0.4, -0.2) is 31.2 Å². The third-order valence-corrected chi connectivity index (χ3v) is 4.16. The molecule has 1 fully saturated rings. The predicted octanol–water partition coefficient (Wildman–Crippen LogP) is 2.75. The van der Waals surface area contributed by atoms with E-state index < -0.39 is 29.4 Å². The van der Waals surface area contributed by atoms with Crippen LogP contribution in [0.15, 0.2) is 42.6 Å². The lowest BCUT2D eigenvalue weighted by Crippen LogP contribution is -2.25. The van der Waals surface area contributed by atoms with Crippen LogP contribution in [-0.2, 0) is 9.53 Å². The first-order chi connectivity index (χ1) is 11.1. The van der Waals surface area contributed by atoms with Gasteiger partial charge in [0, 0.05) is 31.3 Å². The molecule has 1 aromatic heterocycles. The number of aromatic nitrogens is 1. The highest BCUT2D eigenvalue weighted by molar-refractivity contribution is 5.75. The van der Waals surface area contributed by atoms with Gasteiger partial charge in [0.25, 0.3) is 0 Å². The quantitative estimate of drug-likeness (QED) is 0.816. The second kappa shape index (κ2) is 6.32. The van der Waals surface area contributed by atoms with E-state index >= 15 is 0 Å². The van der Waals surface area contributed by atoms with Gasteiger partial charge in [-0.1, -0.05) is 12.1 Å². The molecule has 0 spiro atoms. The Morgan fingerprint density at radius 3 is 2.74 bits per heavy atom. The average Bonchev–Trinajstić information content (AvgIpc) is 3.00. The standard InChI is InChI=1S/C17H16F2N2O2/c1-23-17(22)14-10-21(16-4-2-3-7-20-16)9-13(14)12-6-5-11(18)8-15(12)19/h2-8,13-14H,9-10H2,1H3/t13-,14+/m1/s1. The zero-order valence-corrected chi connectivity index (χ0v) is 12.6. The summed E-state index contributed by atoms with van der Waals surface area (Å²) in [5.74, 6) is -1.91. The van der Waals surface area contributed by atoms with Gasteiger partial charge in [0.2, 0.25) is 0 Å². The molecule has 2 heterocycles. The average molecular weight is 318 g/mol. The Hall–Kier alpha value is -2.50. The lowest BCUT2D eigenvalue weighted by atomic mass is 9.88. The summed E-state index contributed by atoms with van der Waals surface area (Å²) in [6.07, 6.45) is 1.66. The second-order valence-electron chi connectivity index (χ2n) is 5.49. The molecule has 0 bridgehead atoms. The van der Waals surface area contributed by atoms with E-state index in [1.807, 2.05) is 17.0 Å². The molecule has 6 heteroatoms. The van der Waals surface area contributed by atoms with Gasteiger partial charge in [-0.15, -0.1) is 0 Å². The molecule has 1 aliphatic rings. The highest BCUT2D eigenvalue weighted by Gasteiger charge is 2.40. The van der Waals surface area contributed by atoms with Crippen molar-refractivity contribution in [2.45, 2.75) is 5.92 Å². The number of anilines is 1. The van der Waals surface area contributed by atoms with E-state index in [2.05, 4.69) is 4.98 Å². The van der Waals surface area contributed by atoms with E-state index in [0.717, 1.165) is 6.07 Å². The zero-order valence-electron chi connectivity index (χ0n) is 12.6. The highest BCUT2D eigenvalue weighted by atomic mass is 19.1. The minimum atomic E-state index is -0.647. The van der Waals surface area contributed by atoms with Crippen molar-refractivity contribution in [1.82, 2.24) is 4.98 Å². The fourth-order valence-corrected chi connectivity index (χ4v) is 3.04. The van der Waals surface area contributed by atoms with Crippen molar-refractivity contribution in [3.63, 3.8) is 0 Å². The van der Waals surface area contributed by atoms with E-state index in [9.17, 15) is 13.6 Å². The van der Waals surface area contributed by atoms with Crippen molar-refractivity contribution in [1.29, 1.82) is 0 Å². The van der Waals surface area contributed by atoms with Gasteiger partial charge in [0.1, 0.15) is 17.5 Å². The number of benzene rings is 1. The molecular formula is C17H16F2N2O2. The lowest BCUT2D eigenvalue weighted by Gasteiger charge is -2.17. The molecule has 1 aliphatic heterocycles. The van der Waals surface area contributed by atoms with Crippen LogP contribution in [0, 0.1) is 17.6 Å². The first-order valence-corrected chi connectivity index (χ1v) is 7.29. The highest BCUT2D eigenvalue weighted by Crippen LogP contribution is 2.36. The Morgan fingerprint density at radius 2 is 2.09 bits per heavy atom. The molecule has 1 saturated heterocycles. The summed E-state index contributed by atoms with van der Waals surface area (Å²) in [5.41, 5.74) is 0.320. The summed E-state index contributed by atoms with van der Waals surface area (Å²) in [5, 5.41) is 0. The fourth-order valence-electron chi connectivity index (χ4n) is 3.04. The van der Waals surface area contributed by atoms with E-state index in [-0.39, 0.29) is 0 Å². The lowest BCUT2D eigenvalue weighted by molar-refractivity contribution is -0.145. The van der Waals surface area contributed by atoms with E-state index in [1.54, 1.807) is 12.3 Å². The summed E-state index contributed by atoms with van der Waals surface area (Å²) in [6.45, 7) is 0.796. The van der Waals surface area contributed by atoms with Crippen LogP contribution in [0.2, 0.25) is 0 Å². The first-order valence-electron chi connectivity index (χ1n) is 7.29. The first kappa shape index (κ1) is 15.4. The number of carbonyl (C=O) groups is 1. The number of hydrogen-bond acceptors (Lipinski definition) is 4. The largest absolute Gasteiger partial charge is 0.469 e. The normalized spacial score (nSPS) is 20.6. The van der Waals surface area contributed by atoms with Gasteiger partial charge in [-0.3, -0.25) is 4.79 Å². The van der Waals surface area contributed by atoms with Crippen molar-refractivity contribution in [2.75, 3.05) is 25.1 Å². The number of ether oxygens (including phenoxy) is 1. The van der Waals surface area contributed by atoms with E-state index in [0.29, 0.717) is 24.5 Å². The molecule has 2 aromatic rings. The van der Waals surface area contributed by atoms with Crippen LogP contribution in [0.3, 0.4) is 0 Å². The molecule has 0 saturated carbocycles. The summed E-state index contributed by atoms with van der Waals surface area (Å²) in [6, 6.07) is 8.92. The van der Waals surface area contributed by atoms with Gasteiger partial charge < -0.3 is 9.64 Å². The number of rotatable bonds is 3. The summed E-state index contributed by atoms with van der Waals surface area (Å²) < 4.78 is 32.1. The molecule has 2 atom stereocenters. The third-order valence-electron chi connectivity index (χ3n) is 4.16. The molecule has 1 aromatic carbocycles. The Balaban J connectivity index is 1.94. The van der Waals surface area contributed by atoms with Crippen molar-refractivity contribution in [3.8, 4) is 0 Å². The summed E-state index contributed by atoms with van der Waals surface area (Å²) >= 11 is 0. The minimum Gasteiger partial charge on any atom is -0.469 e. The number of esters is 1. The number of nitrogens with zero attached hydrogens (tertiary/aromatic N) is 2. The van der Waals surface area contributed by atoms with Crippen molar-refractivity contribution < 1.29 is 18.3 Å². The minimum absolute atomic E-state index is 0.320. The molecule has 4 nitrogen and oxygen atoms in total. The zero-order chi connectivity index (χ0) is 16.4. The van der Waals surface area contributed by atoms with Crippen LogP contribution in [0.25, 0.3) is 0 Å². The molecule has 0 aliphatic carbocycles. The molecule has 23 heavy (non-hydrogen) atoms. The van der Waals surface area contributed by atoms with Gasteiger partial charge in [-0.25, -0.2) is 13.8 Å². The molecule has 0 unspecified atom stereocenters. The van der Waals surface area contributed by atoms with Crippen molar-refractivity contribution in [2.24, 2.45) is 5.92 Å². The Kier molecular flexibility index (Phi) is 4.23. The van der Waals surface area contributed by atoms with Gasteiger partial charge in [-0.2, -0.15) is 0 Å². The number of pyridine rings is 1. The van der Waals surface area contributed by atoms with Gasteiger partial charge in [0.05, 0.1) is 13.0 Å². The predicted molar refractivity (Wildman–Crippen MR) is 81.1 cm³/mol. The molecular weight excluding hydrogens is 302 g/mol. The second-order valence-corrected chi connectivity index (χ2v) is 5.49. The Labute approximate surface area is 132 Å². The molecule has 0 amide bonds. The van der Waals surface area contributed by atoms with E-state index in [4.69, 9.17) is 4.74 Å². The van der Waals surface area contributed by atoms with Crippen molar-refractivity contribution in [3.05, 3.63) is 59.8 Å². The van der Waals surface area contributed by atoms with Crippen LogP contribution in [0.4, 0.5) is 14.6 Å². The van der Waals surface area contributed by atoms with Crippen LogP contribution < -0.4 is 4.90 Å². The van der Waals surface area contributed by atoms with Crippen LogP contribution in [0.5, 0.6) is 0 Å². The maximum absolute atomic E-state index is 14.1. The molecule has 120 valence electrons. The van der Waals surface area contributed by atoms with Crippen LogP contribution >= 0.6 is 0 Å². The number of methoxy groups -OCH3 is 1. The smallest absolute Gasteiger partial charge is 0.311 e. The summed E-state index contributed by atoms with van der Waals surface area (Å²) in [7, 11) is 1.31. The van der Waals surface area contributed by atoms with Gasteiger partial charge >= 0.3 is 5.97 Å². The third kappa shape index (κ3) is 3.02. The van der Waals surface area contributed by atoms with Gasteiger partial charge in [-0.05, 0) is 23.8 Å². The maximum atomic E-state index is 14.1. The molecule has 0 radical (unpaired) electrons. The SMILES string of the molecule is COC(=O)[C@H]1CN(c2ccccn2)C[C@@H]1c1ccc(F)cc1F. The summed E-state index contributed by atoms with van der Waals surface area (Å²) in [4.78, 5) is 18.3. The van der Waals surface area contributed by atoms with Crippen molar-refractivity contribution >= 4 is 11.8 Å². The number of carbonyl (C=O) groups excluding carboxylic acids is 1. The Bertz CT molecular complexity index is 709. The maximum Gasteiger partial charge on any atom is 0.311 e. The molecule has 3 rings (SSSR count). The topological polar surface area (TPSA) is 42.4 Å². The van der Waals surface area contributed by atoms with Gasteiger partial charge in [0.15, 0.2) is 0 Å².